The molecule has 0 fully saturated rings. The van der Waals surface area contributed by atoms with Crippen LogP contribution >= 0.6 is 11.3 Å². The van der Waals surface area contributed by atoms with E-state index in [1.165, 1.54) is 17.0 Å². The van der Waals surface area contributed by atoms with E-state index in [1.807, 2.05) is 25.3 Å². The number of carbonyl (C=O) groups is 2. The highest BCUT2D eigenvalue weighted by molar-refractivity contribution is 7.89. The lowest BCUT2D eigenvalue weighted by molar-refractivity contribution is -0.141. The summed E-state index contributed by atoms with van der Waals surface area (Å²) < 4.78 is 33.5. The first-order chi connectivity index (χ1) is 14.8. The molecule has 1 aromatic carbocycles. The maximum Gasteiger partial charge on any atom is 0.321 e. The number of ether oxygens (including phenoxy) is 1. The first kappa shape index (κ1) is 22.9. The Balaban J connectivity index is 1.53. The summed E-state index contributed by atoms with van der Waals surface area (Å²) in [6, 6.07) is 13.6. The van der Waals surface area contributed by atoms with Gasteiger partial charge in [0.1, 0.15) is 6.54 Å². The number of hydrogen-bond donors (Lipinski definition) is 1. The molecular weight excluding hydrogens is 436 g/mol. The molecular formula is C22H24N2O5S2. The molecule has 0 saturated carbocycles. The van der Waals surface area contributed by atoms with Crippen molar-refractivity contribution in [2.45, 2.75) is 31.7 Å². The number of sulfonamides is 1. The predicted molar refractivity (Wildman–Crippen MR) is 119 cm³/mol. The molecule has 164 valence electrons. The van der Waals surface area contributed by atoms with E-state index in [1.54, 1.807) is 35.6 Å². The minimum Gasteiger partial charge on any atom is -0.456 e. The van der Waals surface area contributed by atoms with Crippen molar-refractivity contribution < 1.29 is 22.7 Å². The zero-order valence-electron chi connectivity index (χ0n) is 17.3. The summed E-state index contributed by atoms with van der Waals surface area (Å²) in [5.41, 5.74) is 2.28. The molecule has 0 unspecified atom stereocenters. The maximum absolute atomic E-state index is 12.6. The Morgan fingerprint density at radius 2 is 1.84 bits per heavy atom. The van der Waals surface area contributed by atoms with Gasteiger partial charge in [0.05, 0.1) is 4.90 Å². The second kappa shape index (κ2) is 10.0. The number of carbonyl (C=O) groups excluding carboxylic acids is 2. The summed E-state index contributed by atoms with van der Waals surface area (Å²) >= 11 is 1.70. The lowest BCUT2D eigenvalue weighted by Gasteiger charge is -2.09. The molecule has 9 heteroatoms. The van der Waals surface area contributed by atoms with Crippen molar-refractivity contribution in [2.24, 2.45) is 0 Å². The number of thiophene rings is 1. The minimum atomic E-state index is -3.82. The molecule has 7 nitrogen and oxygen atoms in total. The summed E-state index contributed by atoms with van der Waals surface area (Å²) in [6.45, 7) is 3.56. The third-order valence-corrected chi connectivity index (χ3v) is 7.21. The van der Waals surface area contributed by atoms with Crippen molar-refractivity contribution in [3.8, 4) is 0 Å². The Hall–Kier alpha value is -2.75. The number of aryl methyl sites for hydroxylation is 2. The van der Waals surface area contributed by atoms with Crippen LogP contribution in [0.3, 0.4) is 0 Å². The fourth-order valence-electron chi connectivity index (χ4n) is 3.22. The van der Waals surface area contributed by atoms with Crippen molar-refractivity contribution in [1.29, 1.82) is 0 Å². The van der Waals surface area contributed by atoms with E-state index >= 15 is 0 Å². The van der Waals surface area contributed by atoms with Gasteiger partial charge in [0, 0.05) is 28.4 Å². The molecule has 0 radical (unpaired) electrons. The zero-order chi connectivity index (χ0) is 22.4. The molecule has 2 heterocycles. The lowest BCUT2D eigenvalue weighted by atomic mass is 10.1. The molecule has 0 bridgehead atoms. The van der Waals surface area contributed by atoms with Crippen LogP contribution in [0, 0.1) is 13.8 Å². The van der Waals surface area contributed by atoms with Crippen molar-refractivity contribution in [2.75, 3.05) is 13.2 Å². The molecule has 3 rings (SSSR count). The van der Waals surface area contributed by atoms with Crippen LogP contribution in [-0.2, 0) is 32.5 Å². The van der Waals surface area contributed by atoms with Crippen LogP contribution in [0.25, 0.3) is 0 Å². The van der Waals surface area contributed by atoms with Crippen molar-refractivity contribution in [3.63, 3.8) is 0 Å². The topological polar surface area (TPSA) is 94.5 Å². The second-order valence-electron chi connectivity index (χ2n) is 6.99. The molecule has 0 saturated heterocycles. The number of aromatic nitrogens is 1. The summed E-state index contributed by atoms with van der Waals surface area (Å²) in [5, 5.41) is 2.04. The minimum absolute atomic E-state index is 0.0499. The van der Waals surface area contributed by atoms with Crippen LogP contribution in [0.2, 0.25) is 0 Å². The predicted octanol–water partition coefficient (Wildman–Crippen LogP) is 3.11. The highest BCUT2D eigenvalue weighted by atomic mass is 32.2. The zero-order valence-corrected chi connectivity index (χ0v) is 19.0. The highest BCUT2D eigenvalue weighted by Crippen LogP contribution is 2.18. The first-order valence-corrected chi connectivity index (χ1v) is 12.1. The number of ketones is 1. The highest BCUT2D eigenvalue weighted by Gasteiger charge is 2.19. The summed E-state index contributed by atoms with van der Waals surface area (Å²) in [4.78, 5) is 25.8. The fourth-order valence-corrected chi connectivity index (χ4v) is 4.90. The van der Waals surface area contributed by atoms with Gasteiger partial charge < -0.3 is 9.30 Å². The van der Waals surface area contributed by atoms with Crippen LogP contribution in [0.4, 0.5) is 0 Å². The van der Waals surface area contributed by atoms with Crippen LogP contribution in [0.15, 0.2) is 58.8 Å². The number of nitrogens with zero attached hydrogens (tertiary/aromatic N) is 1. The number of hydrogen-bond acceptors (Lipinski definition) is 6. The number of benzene rings is 1. The Kier molecular flexibility index (Phi) is 7.42. The molecule has 0 aliphatic heterocycles. The smallest absolute Gasteiger partial charge is 0.321 e. The lowest BCUT2D eigenvalue weighted by Crippen LogP contribution is -2.31. The van der Waals surface area contributed by atoms with Gasteiger partial charge >= 0.3 is 5.97 Å². The number of esters is 1. The molecule has 0 atom stereocenters. The van der Waals surface area contributed by atoms with Gasteiger partial charge in [-0.05, 0) is 49.9 Å². The Morgan fingerprint density at radius 3 is 2.52 bits per heavy atom. The van der Waals surface area contributed by atoms with Crippen LogP contribution in [0.5, 0.6) is 0 Å². The SMILES string of the molecule is Cc1cc(C(=O)COC(=O)CNS(=O)(=O)c2ccccc2)c(C)n1CCc1cccs1. The number of Topliss-reactive ketones (excluding diaryl/α,β-unsaturated/α-hetero) is 1. The van der Waals surface area contributed by atoms with Crippen LogP contribution in [0.1, 0.15) is 26.6 Å². The summed E-state index contributed by atoms with van der Waals surface area (Å²) in [5.74, 6) is -1.14. The Morgan fingerprint density at radius 1 is 1.10 bits per heavy atom. The Bertz CT molecular complexity index is 1150. The van der Waals surface area contributed by atoms with Crippen molar-refractivity contribution >= 4 is 33.1 Å². The van der Waals surface area contributed by atoms with Gasteiger partial charge in [0.2, 0.25) is 15.8 Å². The summed E-state index contributed by atoms with van der Waals surface area (Å²) in [7, 11) is -3.82. The Labute approximate surface area is 185 Å². The molecule has 3 aromatic rings. The molecule has 31 heavy (non-hydrogen) atoms. The average Bonchev–Trinajstić information content (AvgIpc) is 3.37. The van der Waals surface area contributed by atoms with E-state index in [0.29, 0.717) is 5.56 Å². The molecule has 1 N–H and O–H groups in total. The summed E-state index contributed by atoms with van der Waals surface area (Å²) in [6.07, 6.45) is 0.873. The van der Waals surface area contributed by atoms with Gasteiger partial charge in [-0.2, -0.15) is 4.72 Å². The van der Waals surface area contributed by atoms with Gasteiger partial charge in [-0.3, -0.25) is 9.59 Å². The monoisotopic (exact) mass is 460 g/mol. The first-order valence-electron chi connectivity index (χ1n) is 9.70. The van der Waals surface area contributed by atoms with E-state index in [-0.39, 0.29) is 10.7 Å². The van der Waals surface area contributed by atoms with E-state index in [2.05, 4.69) is 15.4 Å². The largest absolute Gasteiger partial charge is 0.456 e. The van der Waals surface area contributed by atoms with Crippen LogP contribution < -0.4 is 4.72 Å². The second-order valence-corrected chi connectivity index (χ2v) is 9.79. The number of rotatable bonds is 10. The molecule has 0 amide bonds. The molecule has 0 aliphatic rings. The fraction of sp³-hybridized carbons (Fsp3) is 0.273. The van der Waals surface area contributed by atoms with E-state index < -0.39 is 29.1 Å². The maximum atomic E-state index is 12.6. The molecule has 2 aromatic heterocycles. The third kappa shape index (κ3) is 5.90. The van der Waals surface area contributed by atoms with Gasteiger partial charge in [-0.25, -0.2) is 8.42 Å². The molecule has 0 spiro atoms. The number of nitrogens with one attached hydrogen (secondary N) is 1. The average molecular weight is 461 g/mol. The van der Waals surface area contributed by atoms with Gasteiger partial charge in [0.15, 0.2) is 6.61 Å². The van der Waals surface area contributed by atoms with E-state index in [0.717, 1.165) is 24.4 Å². The van der Waals surface area contributed by atoms with Gasteiger partial charge in [-0.1, -0.05) is 24.3 Å². The van der Waals surface area contributed by atoms with Gasteiger partial charge in [-0.15, -0.1) is 11.3 Å². The standard InChI is InChI=1S/C22H24N2O5S2/c1-16-13-20(17(2)24(16)11-10-18-7-6-12-30-18)21(25)15-29-22(26)14-23-31(27,28)19-8-4-3-5-9-19/h3-9,12-13,23H,10-11,14-15H2,1-2H3. The van der Waals surface area contributed by atoms with Crippen molar-refractivity contribution in [1.82, 2.24) is 9.29 Å². The quantitative estimate of drug-likeness (QED) is 0.371. The normalized spacial score (nSPS) is 11.4. The van der Waals surface area contributed by atoms with E-state index in [9.17, 15) is 18.0 Å². The van der Waals surface area contributed by atoms with Gasteiger partial charge in [0.25, 0.3) is 0 Å². The van der Waals surface area contributed by atoms with Crippen molar-refractivity contribution in [3.05, 3.63) is 75.7 Å². The van der Waals surface area contributed by atoms with Crippen LogP contribution in [-0.4, -0.2) is 37.9 Å². The molecule has 0 aliphatic carbocycles. The third-order valence-electron chi connectivity index (χ3n) is 4.86. The van der Waals surface area contributed by atoms with E-state index in [4.69, 9.17) is 4.74 Å².